The number of nitrogens with one attached hydrogen (secondary N) is 1. The molecule has 0 amide bonds. The summed E-state index contributed by atoms with van der Waals surface area (Å²) in [5.74, 6) is 0.354. The molecule has 14 heavy (non-hydrogen) atoms. The van der Waals surface area contributed by atoms with E-state index in [-0.39, 0.29) is 10.9 Å². The molecular weight excluding hydrogens is 206 g/mol. The summed E-state index contributed by atoms with van der Waals surface area (Å²) in [4.78, 5) is 0.162. The van der Waals surface area contributed by atoms with Crippen molar-refractivity contribution >= 4 is 10.7 Å². The Kier molecular flexibility index (Phi) is 2.42. The van der Waals surface area contributed by atoms with Crippen LogP contribution >= 0.6 is 0 Å². The van der Waals surface area contributed by atoms with Crippen LogP contribution in [-0.2, 0) is 17.2 Å². The van der Waals surface area contributed by atoms with Crippen LogP contribution in [0, 0.1) is 0 Å². The molecule has 0 spiro atoms. The smallest absolute Gasteiger partial charge is 0.230 e. The van der Waals surface area contributed by atoms with Crippen molar-refractivity contribution in [2.75, 3.05) is 13.7 Å². The van der Waals surface area contributed by atoms with Crippen molar-refractivity contribution in [1.82, 2.24) is 15.1 Å². The van der Waals surface area contributed by atoms with E-state index in [2.05, 4.69) is 10.4 Å². The summed E-state index contributed by atoms with van der Waals surface area (Å²) in [6.07, 6.45) is 1.32. The fraction of sp³-hybridized carbons (Fsp3) is 0.571. The normalized spacial score (nSPS) is 20.6. The molecule has 1 aromatic rings. The van der Waals surface area contributed by atoms with Crippen molar-refractivity contribution in [1.29, 1.82) is 0 Å². The topological polar surface area (TPSA) is 73.2 Å². The van der Waals surface area contributed by atoms with Crippen LogP contribution in [-0.4, -0.2) is 37.9 Å². The predicted octanol–water partition coefficient (Wildman–Crippen LogP) is -1.17. The highest BCUT2D eigenvalue weighted by atomic mass is 32.2. The quantitative estimate of drug-likeness (QED) is 0.611. The summed E-state index contributed by atoms with van der Waals surface area (Å²) in [5, 5.41) is 6.99. The van der Waals surface area contributed by atoms with Gasteiger partial charge in [0.25, 0.3) is 0 Å². The van der Waals surface area contributed by atoms with E-state index in [1.54, 1.807) is 4.68 Å². The molecule has 1 aliphatic heterocycles. The van der Waals surface area contributed by atoms with Crippen molar-refractivity contribution < 1.29 is 13.2 Å². The maximum absolute atomic E-state index is 10.8. The zero-order valence-corrected chi connectivity index (χ0v) is 8.53. The van der Waals surface area contributed by atoms with Crippen molar-refractivity contribution in [3.63, 3.8) is 0 Å². The molecule has 0 aromatic carbocycles. The predicted molar refractivity (Wildman–Crippen MR) is 49.2 cm³/mol. The van der Waals surface area contributed by atoms with Gasteiger partial charge in [0, 0.05) is 0 Å². The molecule has 2 heterocycles. The van der Waals surface area contributed by atoms with Gasteiger partial charge in [-0.25, -0.2) is 13.1 Å². The Morgan fingerprint density at radius 2 is 2.50 bits per heavy atom. The van der Waals surface area contributed by atoms with Crippen molar-refractivity contribution in [3.8, 4) is 5.88 Å². The first kappa shape index (κ1) is 9.47. The Morgan fingerprint density at radius 3 is 3.14 bits per heavy atom. The van der Waals surface area contributed by atoms with Crippen LogP contribution in [0.2, 0.25) is 0 Å². The molecule has 1 aliphatic rings. The molecule has 1 atom stereocenters. The van der Waals surface area contributed by atoms with Gasteiger partial charge in [-0.3, -0.25) is 0 Å². The van der Waals surface area contributed by atoms with Gasteiger partial charge in [-0.1, -0.05) is 0 Å². The minimum Gasteiger partial charge on any atom is -0.475 e. The fourth-order valence-corrected chi connectivity index (χ4v) is 1.87. The number of fused-ring (bicyclic) bond motifs is 1. The zero-order valence-electron chi connectivity index (χ0n) is 7.64. The van der Waals surface area contributed by atoms with Gasteiger partial charge in [0.1, 0.15) is 11.5 Å². The molecule has 6 nitrogen and oxygen atoms in total. The number of aromatic nitrogens is 2. The van der Waals surface area contributed by atoms with E-state index in [4.69, 9.17) is 4.74 Å². The number of rotatable bonds is 2. The van der Waals surface area contributed by atoms with E-state index in [9.17, 15) is 8.42 Å². The van der Waals surface area contributed by atoms with Gasteiger partial charge in [-0.2, -0.15) is 5.10 Å². The molecule has 0 radical (unpaired) electrons. The summed E-state index contributed by atoms with van der Waals surface area (Å²) in [7, 11) is -0.790. The van der Waals surface area contributed by atoms with E-state index in [1.165, 1.54) is 6.20 Å². The first-order valence-electron chi connectivity index (χ1n) is 4.22. The lowest BCUT2D eigenvalue weighted by Gasteiger charge is -2.23. The number of nitrogens with zero attached hydrogens (tertiary/aromatic N) is 2. The number of hydrogen-bond donors (Lipinski definition) is 2. The van der Waals surface area contributed by atoms with E-state index in [1.807, 2.05) is 7.05 Å². The number of hydrogen-bond acceptors (Lipinski definition) is 5. The maximum Gasteiger partial charge on any atom is 0.230 e. The molecule has 0 fully saturated rings. The monoisotopic (exact) mass is 217 g/mol. The molecule has 0 saturated heterocycles. The van der Waals surface area contributed by atoms with Crippen LogP contribution in [0.3, 0.4) is 0 Å². The molecule has 78 valence electrons. The number of ether oxygens (including phenoxy) is 1. The minimum atomic E-state index is -2.62. The Balaban J connectivity index is 2.34. The highest BCUT2D eigenvalue weighted by Gasteiger charge is 2.23. The molecule has 1 N–H and O–H groups in total. The third kappa shape index (κ3) is 1.48. The van der Waals surface area contributed by atoms with E-state index in [0.29, 0.717) is 19.0 Å². The SMILES string of the molecule is CN[C@H]1COc2c([SH](=O)=O)cnn2C1. The van der Waals surface area contributed by atoms with Crippen molar-refractivity contribution in [3.05, 3.63) is 6.20 Å². The summed E-state index contributed by atoms with van der Waals surface area (Å²) in [6.45, 7) is 1.10. The fourth-order valence-electron chi connectivity index (χ4n) is 1.38. The molecular formula is C7H11N3O3S. The summed E-state index contributed by atoms with van der Waals surface area (Å²) in [6, 6.07) is 0.180. The Hall–Kier alpha value is -1.08. The molecule has 0 unspecified atom stereocenters. The van der Waals surface area contributed by atoms with E-state index < -0.39 is 10.7 Å². The highest BCUT2D eigenvalue weighted by molar-refractivity contribution is 7.72. The summed E-state index contributed by atoms with van der Waals surface area (Å²) in [5.41, 5.74) is 0. The Labute approximate surface area is 82.8 Å². The van der Waals surface area contributed by atoms with Crippen molar-refractivity contribution in [2.24, 2.45) is 0 Å². The van der Waals surface area contributed by atoms with Crippen LogP contribution in [0.1, 0.15) is 0 Å². The summed E-state index contributed by atoms with van der Waals surface area (Å²) >= 11 is 0. The van der Waals surface area contributed by atoms with Crippen LogP contribution in [0.15, 0.2) is 11.1 Å². The minimum absolute atomic E-state index is 0.162. The number of likely N-dealkylation sites (N-methyl/N-ethyl adjacent to an activating group) is 1. The Bertz CT molecular complexity index is 404. The first-order chi connectivity index (χ1) is 6.72. The van der Waals surface area contributed by atoms with E-state index >= 15 is 0 Å². The average molecular weight is 217 g/mol. The maximum atomic E-state index is 10.8. The number of thiol groups is 1. The Morgan fingerprint density at radius 1 is 1.71 bits per heavy atom. The second-order valence-corrected chi connectivity index (χ2v) is 4.07. The molecule has 0 saturated carbocycles. The molecule has 2 rings (SSSR count). The second-order valence-electron chi connectivity index (χ2n) is 3.07. The largest absolute Gasteiger partial charge is 0.475 e. The van der Waals surface area contributed by atoms with Gasteiger partial charge in [0.2, 0.25) is 5.88 Å². The third-order valence-electron chi connectivity index (χ3n) is 2.19. The lowest BCUT2D eigenvalue weighted by molar-refractivity contribution is 0.184. The van der Waals surface area contributed by atoms with Crippen LogP contribution in [0.4, 0.5) is 0 Å². The molecule has 0 aliphatic carbocycles. The average Bonchev–Trinajstić information content (AvgIpc) is 2.59. The molecule has 7 heteroatoms. The molecule has 1 aromatic heterocycles. The van der Waals surface area contributed by atoms with Crippen LogP contribution in [0.25, 0.3) is 0 Å². The van der Waals surface area contributed by atoms with Crippen LogP contribution < -0.4 is 10.1 Å². The van der Waals surface area contributed by atoms with Gasteiger partial charge in [0.05, 0.1) is 18.8 Å². The van der Waals surface area contributed by atoms with Gasteiger partial charge < -0.3 is 10.1 Å². The van der Waals surface area contributed by atoms with E-state index in [0.717, 1.165) is 0 Å². The second kappa shape index (κ2) is 3.58. The molecule has 0 bridgehead atoms. The first-order valence-corrected chi connectivity index (χ1v) is 5.40. The van der Waals surface area contributed by atoms with Gasteiger partial charge in [-0.05, 0) is 7.05 Å². The zero-order chi connectivity index (χ0) is 10.1. The van der Waals surface area contributed by atoms with Gasteiger partial charge in [-0.15, -0.1) is 0 Å². The lowest BCUT2D eigenvalue weighted by Crippen LogP contribution is -2.39. The lowest BCUT2D eigenvalue weighted by atomic mass is 10.3. The summed E-state index contributed by atoms with van der Waals surface area (Å²) < 4.78 is 28.4. The van der Waals surface area contributed by atoms with Gasteiger partial charge in [0.15, 0.2) is 10.7 Å². The van der Waals surface area contributed by atoms with Crippen LogP contribution in [0.5, 0.6) is 5.88 Å². The highest BCUT2D eigenvalue weighted by Crippen LogP contribution is 2.23. The van der Waals surface area contributed by atoms with Gasteiger partial charge >= 0.3 is 0 Å². The standard InChI is InChI=1S/C7H11N3O3S/c1-8-5-3-10-7(13-4-5)6(2-9-10)14(11)12/h2,5,8,14H,3-4H2,1H3/t5-/m1/s1. The third-order valence-corrected chi connectivity index (χ3v) is 2.89. The van der Waals surface area contributed by atoms with Crippen molar-refractivity contribution in [2.45, 2.75) is 17.5 Å².